The molecule has 1 nitrogen and oxygen atoms in total. The minimum Gasteiger partial charge on any atom is -0.313 e. The van der Waals surface area contributed by atoms with Gasteiger partial charge in [0.15, 0.2) is 0 Å². The van der Waals surface area contributed by atoms with E-state index in [2.05, 4.69) is 5.32 Å². The Bertz CT molecular complexity index is 465. The van der Waals surface area contributed by atoms with Crippen molar-refractivity contribution in [1.29, 1.82) is 0 Å². The van der Waals surface area contributed by atoms with Crippen LogP contribution in [0.2, 0.25) is 0 Å². The average molecular weight is 317 g/mol. The first-order valence-corrected chi connectivity index (χ1v) is 6.15. The molecule has 1 unspecified atom stereocenters. The van der Waals surface area contributed by atoms with Crippen molar-refractivity contribution in [2.75, 3.05) is 7.05 Å². The van der Waals surface area contributed by atoms with Crippen molar-refractivity contribution in [3.63, 3.8) is 0 Å². The lowest BCUT2D eigenvalue weighted by atomic mass is 9.98. The lowest BCUT2D eigenvalue weighted by Gasteiger charge is -2.19. The van der Waals surface area contributed by atoms with Gasteiger partial charge in [-0.2, -0.15) is 26.3 Å². The van der Waals surface area contributed by atoms with E-state index in [0.29, 0.717) is 12.1 Å². The monoisotopic (exact) mass is 317 g/mol. The molecule has 0 heterocycles. The largest absolute Gasteiger partial charge is 0.419 e. The van der Waals surface area contributed by atoms with Crippen LogP contribution in [0.3, 0.4) is 0 Å². The van der Waals surface area contributed by atoms with Gasteiger partial charge in [0, 0.05) is 12.5 Å². The molecule has 1 aromatic carbocycles. The minimum absolute atomic E-state index is 0.00105. The van der Waals surface area contributed by atoms with Crippen molar-refractivity contribution in [2.45, 2.75) is 37.7 Å². The molecule has 0 aliphatic rings. The van der Waals surface area contributed by atoms with E-state index in [-0.39, 0.29) is 18.4 Å². The molecule has 0 aliphatic heterocycles. The lowest BCUT2D eigenvalue weighted by molar-refractivity contribution is -0.140. The highest BCUT2D eigenvalue weighted by Gasteiger charge is 2.34. The zero-order valence-corrected chi connectivity index (χ0v) is 11.1. The van der Waals surface area contributed by atoms with Gasteiger partial charge in [-0.25, -0.2) is 4.39 Å². The Morgan fingerprint density at radius 3 is 2.19 bits per heavy atom. The third-order valence-electron chi connectivity index (χ3n) is 3.00. The van der Waals surface area contributed by atoms with Crippen LogP contribution in [0.1, 0.15) is 36.4 Å². The van der Waals surface area contributed by atoms with Crippen molar-refractivity contribution in [3.05, 3.63) is 35.1 Å². The van der Waals surface area contributed by atoms with Gasteiger partial charge in [0.05, 0.1) is 5.56 Å². The van der Waals surface area contributed by atoms with Crippen LogP contribution in [0.25, 0.3) is 0 Å². The summed E-state index contributed by atoms with van der Waals surface area (Å²) in [7, 11) is 1.43. The van der Waals surface area contributed by atoms with Gasteiger partial charge in [-0.05, 0) is 37.6 Å². The van der Waals surface area contributed by atoms with Gasteiger partial charge in [-0.3, -0.25) is 0 Å². The molecule has 120 valence electrons. The van der Waals surface area contributed by atoms with Gasteiger partial charge in [0.25, 0.3) is 0 Å². The molecule has 0 amide bonds. The Balaban J connectivity index is 2.86. The summed E-state index contributed by atoms with van der Waals surface area (Å²) in [6.07, 6.45) is -10.4. The zero-order valence-electron chi connectivity index (χ0n) is 11.1. The summed E-state index contributed by atoms with van der Waals surface area (Å²) >= 11 is 0. The fourth-order valence-corrected chi connectivity index (χ4v) is 1.96. The predicted octanol–water partition coefficient (Wildman–Crippen LogP) is 4.84. The molecule has 0 aliphatic carbocycles. The minimum atomic E-state index is -4.84. The van der Waals surface area contributed by atoms with Gasteiger partial charge < -0.3 is 5.32 Å². The standard InChI is InChI=1S/C13H14F7N/c1-21-11(3-2-6-12(15,16)17)8-4-5-10(14)9(7-8)13(18,19)20/h4-5,7,11,21H,2-3,6H2,1H3. The van der Waals surface area contributed by atoms with Crippen LogP contribution in [-0.4, -0.2) is 13.2 Å². The number of hydrogen-bond donors (Lipinski definition) is 1. The van der Waals surface area contributed by atoms with Crippen LogP contribution in [0.15, 0.2) is 18.2 Å². The fraction of sp³-hybridized carbons (Fsp3) is 0.538. The molecule has 0 saturated heterocycles. The highest BCUT2D eigenvalue weighted by molar-refractivity contribution is 5.29. The Labute approximate surface area is 117 Å². The zero-order chi connectivity index (χ0) is 16.3. The maximum absolute atomic E-state index is 13.2. The number of nitrogens with one attached hydrogen (secondary N) is 1. The van der Waals surface area contributed by atoms with Crippen molar-refractivity contribution in [3.8, 4) is 0 Å². The topological polar surface area (TPSA) is 12.0 Å². The summed E-state index contributed by atoms with van der Waals surface area (Å²) < 4.78 is 87.1. The van der Waals surface area contributed by atoms with E-state index in [1.165, 1.54) is 7.05 Å². The van der Waals surface area contributed by atoms with Crippen molar-refractivity contribution in [2.24, 2.45) is 0 Å². The second-order valence-corrected chi connectivity index (χ2v) is 4.59. The molecule has 1 rings (SSSR count). The van der Waals surface area contributed by atoms with Crippen LogP contribution in [0.4, 0.5) is 30.7 Å². The number of alkyl halides is 6. The van der Waals surface area contributed by atoms with Crippen LogP contribution in [0.5, 0.6) is 0 Å². The summed E-state index contributed by atoms with van der Waals surface area (Å²) in [6, 6.07) is 1.74. The molecule has 0 aromatic heterocycles. The third-order valence-corrected chi connectivity index (χ3v) is 3.00. The van der Waals surface area contributed by atoms with Crippen LogP contribution < -0.4 is 5.32 Å². The maximum Gasteiger partial charge on any atom is 0.419 e. The lowest BCUT2D eigenvalue weighted by Crippen LogP contribution is -2.19. The third kappa shape index (κ3) is 5.53. The molecule has 0 saturated carbocycles. The van der Waals surface area contributed by atoms with Gasteiger partial charge >= 0.3 is 12.4 Å². The number of halogens is 7. The number of hydrogen-bond acceptors (Lipinski definition) is 1. The number of rotatable bonds is 5. The fourth-order valence-electron chi connectivity index (χ4n) is 1.96. The molecule has 1 atom stereocenters. The van der Waals surface area contributed by atoms with Crippen LogP contribution in [-0.2, 0) is 6.18 Å². The molecule has 8 heteroatoms. The van der Waals surface area contributed by atoms with E-state index in [0.717, 1.165) is 6.07 Å². The average Bonchev–Trinajstić information content (AvgIpc) is 2.33. The molecule has 0 spiro atoms. The summed E-state index contributed by atoms with van der Waals surface area (Å²) in [5.74, 6) is -1.41. The first-order valence-electron chi connectivity index (χ1n) is 6.15. The summed E-state index contributed by atoms with van der Waals surface area (Å²) in [6.45, 7) is 0. The van der Waals surface area contributed by atoms with E-state index in [9.17, 15) is 30.7 Å². The van der Waals surface area contributed by atoms with E-state index in [4.69, 9.17) is 0 Å². The molecule has 0 radical (unpaired) electrons. The van der Waals surface area contributed by atoms with Crippen molar-refractivity contribution in [1.82, 2.24) is 5.32 Å². The molecule has 0 fully saturated rings. The Hall–Kier alpha value is -1.31. The summed E-state index contributed by atoms with van der Waals surface area (Å²) in [5, 5.41) is 2.65. The molecule has 1 N–H and O–H groups in total. The maximum atomic E-state index is 13.2. The van der Waals surface area contributed by atoms with E-state index in [1.54, 1.807) is 0 Å². The van der Waals surface area contributed by atoms with Gasteiger partial charge in [0.2, 0.25) is 0 Å². The number of benzene rings is 1. The van der Waals surface area contributed by atoms with Crippen LogP contribution in [0, 0.1) is 5.82 Å². The quantitative estimate of drug-likeness (QED) is 0.767. The Kier molecular flexibility index (Phi) is 5.61. The first-order chi connectivity index (χ1) is 9.54. The highest BCUT2D eigenvalue weighted by atomic mass is 19.4. The van der Waals surface area contributed by atoms with Crippen LogP contribution >= 0.6 is 0 Å². The van der Waals surface area contributed by atoms with E-state index >= 15 is 0 Å². The SMILES string of the molecule is CNC(CCCC(F)(F)F)c1ccc(F)c(C(F)(F)F)c1. The smallest absolute Gasteiger partial charge is 0.313 e. The first kappa shape index (κ1) is 17.7. The second-order valence-electron chi connectivity index (χ2n) is 4.59. The normalized spacial score (nSPS) is 14.3. The molecule has 21 heavy (non-hydrogen) atoms. The molecule has 1 aromatic rings. The summed E-state index contributed by atoms with van der Waals surface area (Å²) in [5.41, 5.74) is -1.32. The molecular weight excluding hydrogens is 303 g/mol. The van der Waals surface area contributed by atoms with Crippen molar-refractivity contribution < 1.29 is 30.7 Å². The van der Waals surface area contributed by atoms with Gasteiger partial charge in [-0.15, -0.1) is 0 Å². The van der Waals surface area contributed by atoms with E-state index < -0.39 is 36.2 Å². The van der Waals surface area contributed by atoms with Gasteiger partial charge in [0.1, 0.15) is 5.82 Å². The molecule has 0 bridgehead atoms. The van der Waals surface area contributed by atoms with E-state index in [1.807, 2.05) is 0 Å². The highest BCUT2D eigenvalue weighted by Crippen LogP contribution is 2.34. The summed E-state index contributed by atoms with van der Waals surface area (Å²) in [4.78, 5) is 0. The van der Waals surface area contributed by atoms with Crippen molar-refractivity contribution >= 4 is 0 Å². The Morgan fingerprint density at radius 1 is 1.10 bits per heavy atom. The molecular formula is C13H14F7N. The van der Waals surface area contributed by atoms with Gasteiger partial charge in [-0.1, -0.05) is 6.07 Å². The predicted molar refractivity (Wildman–Crippen MR) is 63.1 cm³/mol. The second kappa shape index (κ2) is 6.64. The Morgan fingerprint density at radius 2 is 1.71 bits per heavy atom.